The van der Waals surface area contributed by atoms with Gasteiger partial charge in [0.1, 0.15) is 0 Å². The van der Waals surface area contributed by atoms with E-state index < -0.39 is 10.0 Å². The number of carbonyl (C=O) groups excluding carboxylic acids is 1. The van der Waals surface area contributed by atoms with Crippen molar-refractivity contribution in [2.75, 3.05) is 26.2 Å². The summed E-state index contributed by atoms with van der Waals surface area (Å²) in [4.78, 5) is 14.0. The van der Waals surface area contributed by atoms with Crippen molar-refractivity contribution in [2.45, 2.75) is 25.2 Å². The highest BCUT2D eigenvalue weighted by molar-refractivity contribution is 7.89. The van der Waals surface area contributed by atoms with Crippen LogP contribution < -0.4 is 0 Å². The van der Waals surface area contributed by atoms with Crippen molar-refractivity contribution in [3.05, 3.63) is 29.3 Å². The van der Waals surface area contributed by atoms with Gasteiger partial charge < -0.3 is 4.90 Å². The average Bonchev–Trinajstić information content (AvgIpc) is 2.73. The van der Waals surface area contributed by atoms with Gasteiger partial charge in [-0.2, -0.15) is 4.31 Å². The van der Waals surface area contributed by atoms with Gasteiger partial charge in [-0.25, -0.2) is 8.42 Å². The molecule has 1 aromatic rings. The van der Waals surface area contributed by atoms with E-state index in [0.717, 1.165) is 0 Å². The Hall–Kier alpha value is -1.11. The van der Waals surface area contributed by atoms with Crippen LogP contribution >= 0.6 is 11.6 Å². The van der Waals surface area contributed by atoms with E-state index in [-0.39, 0.29) is 16.7 Å². The SMILES string of the molecule is CC(C)C(=O)N1CCCN(S(=O)(=O)c2ccc(Cl)cc2)CC1. The summed E-state index contributed by atoms with van der Waals surface area (Å²) in [7, 11) is -3.53. The summed E-state index contributed by atoms with van der Waals surface area (Å²) < 4.78 is 26.7. The Morgan fingerprint density at radius 1 is 1.09 bits per heavy atom. The molecule has 0 N–H and O–H groups in total. The molecule has 0 atom stereocenters. The largest absolute Gasteiger partial charge is 0.341 e. The monoisotopic (exact) mass is 344 g/mol. The number of hydrogen-bond acceptors (Lipinski definition) is 3. The Kier molecular flexibility index (Phi) is 5.47. The maximum absolute atomic E-state index is 12.6. The molecule has 1 aliphatic heterocycles. The molecule has 122 valence electrons. The van der Waals surface area contributed by atoms with Crippen LogP contribution in [0.15, 0.2) is 29.2 Å². The van der Waals surface area contributed by atoms with Crippen LogP contribution in [-0.2, 0) is 14.8 Å². The van der Waals surface area contributed by atoms with Gasteiger partial charge in [0, 0.05) is 37.1 Å². The highest BCUT2D eigenvalue weighted by Crippen LogP contribution is 2.20. The molecule has 7 heteroatoms. The molecule has 0 aliphatic carbocycles. The van der Waals surface area contributed by atoms with Gasteiger partial charge in [-0.15, -0.1) is 0 Å². The van der Waals surface area contributed by atoms with Crippen molar-refractivity contribution in [1.82, 2.24) is 9.21 Å². The standard InChI is InChI=1S/C15H21ClN2O3S/c1-12(2)15(19)17-8-3-9-18(11-10-17)22(20,21)14-6-4-13(16)5-7-14/h4-7,12H,3,8-11H2,1-2H3. The Bertz CT molecular complexity index is 629. The van der Waals surface area contributed by atoms with Crippen LogP contribution in [0.2, 0.25) is 5.02 Å². The lowest BCUT2D eigenvalue weighted by atomic mass is 10.2. The minimum atomic E-state index is -3.53. The average molecular weight is 345 g/mol. The van der Waals surface area contributed by atoms with E-state index in [1.165, 1.54) is 16.4 Å². The van der Waals surface area contributed by atoms with Gasteiger partial charge in [-0.3, -0.25) is 4.79 Å². The molecular formula is C15H21ClN2O3S. The maximum atomic E-state index is 12.6. The number of carbonyl (C=O) groups is 1. The summed E-state index contributed by atoms with van der Waals surface area (Å²) in [5, 5.41) is 0.503. The Morgan fingerprint density at radius 2 is 1.73 bits per heavy atom. The fourth-order valence-corrected chi connectivity index (χ4v) is 4.07. The van der Waals surface area contributed by atoms with E-state index in [2.05, 4.69) is 0 Å². The van der Waals surface area contributed by atoms with E-state index in [1.54, 1.807) is 17.0 Å². The molecule has 0 aromatic heterocycles. The zero-order valence-electron chi connectivity index (χ0n) is 12.8. The Labute approximate surface area is 136 Å². The Morgan fingerprint density at radius 3 is 2.32 bits per heavy atom. The molecule has 0 unspecified atom stereocenters. The molecule has 1 saturated heterocycles. The molecule has 22 heavy (non-hydrogen) atoms. The Balaban J connectivity index is 2.13. The van der Waals surface area contributed by atoms with Gasteiger partial charge in [-0.1, -0.05) is 25.4 Å². The van der Waals surface area contributed by atoms with Crippen LogP contribution in [0.25, 0.3) is 0 Å². The number of rotatable bonds is 3. The van der Waals surface area contributed by atoms with Crippen molar-refractivity contribution in [2.24, 2.45) is 5.92 Å². The second kappa shape index (κ2) is 6.98. The second-order valence-corrected chi connectivity index (χ2v) is 8.07. The third-order valence-electron chi connectivity index (χ3n) is 3.71. The zero-order valence-corrected chi connectivity index (χ0v) is 14.4. The number of halogens is 1. The molecule has 1 aromatic carbocycles. The normalized spacial score (nSPS) is 17.5. The van der Waals surface area contributed by atoms with E-state index in [0.29, 0.717) is 37.6 Å². The van der Waals surface area contributed by atoms with Gasteiger partial charge in [0.25, 0.3) is 0 Å². The minimum Gasteiger partial charge on any atom is -0.341 e. The fourth-order valence-electron chi connectivity index (χ4n) is 2.48. The summed E-state index contributed by atoms with van der Waals surface area (Å²) in [5.41, 5.74) is 0. The second-order valence-electron chi connectivity index (χ2n) is 5.69. The molecule has 2 rings (SSSR count). The van der Waals surface area contributed by atoms with E-state index in [1.807, 2.05) is 13.8 Å². The maximum Gasteiger partial charge on any atom is 0.243 e. The first kappa shape index (κ1) is 17.2. The predicted octanol–water partition coefficient (Wildman–Crippen LogP) is 2.22. The van der Waals surface area contributed by atoms with Gasteiger partial charge in [0.15, 0.2) is 0 Å². The zero-order chi connectivity index (χ0) is 16.3. The van der Waals surface area contributed by atoms with Crippen molar-refractivity contribution in [3.8, 4) is 0 Å². The molecule has 0 bridgehead atoms. The van der Waals surface area contributed by atoms with Gasteiger partial charge >= 0.3 is 0 Å². The molecule has 1 aliphatic rings. The van der Waals surface area contributed by atoms with Crippen molar-refractivity contribution in [1.29, 1.82) is 0 Å². The van der Waals surface area contributed by atoms with Crippen LogP contribution in [0.3, 0.4) is 0 Å². The molecule has 0 saturated carbocycles. The van der Waals surface area contributed by atoms with E-state index in [4.69, 9.17) is 11.6 Å². The molecule has 5 nitrogen and oxygen atoms in total. The summed E-state index contributed by atoms with van der Waals surface area (Å²) in [6, 6.07) is 6.17. The van der Waals surface area contributed by atoms with Crippen molar-refractivity contribution in [3.63, 3.8) is 0 Å². The molecule has 1 amide bonds. The highest BCUT2D eigenvalue weighted by Gasteiger charge is 2.28. The van der Waals surface area contributed by atoms with Crippen LogP contribution in [-0.4, -0.2) is 49.7 Å². The lowest BCUT2D eigenvalue weighted by Gasteiger charge is -2.23. The molecule has 0 radical (unpaired) electrons. The number of amides is 1. The molecule has 0 spiro atoms. The first-order chi connectivity index (χ1) is 10.3. The summed E-state index contributed by atoms with van der Waals surface area (Å²) in [6.07, 6.45) is 0.644. The summed E-state index contributed by atoms with van der Waals surface area (Å²) in [5.74, 6) is 0.00478. The topological polar surface area (TPSA) is 57.7 Å². The number of benzene rings is 1. The molecular weight excluding hydrogens is 324 g/mol. The summed E-state index contributed by atoms with van der Waals surface area (Å²) >= 11 is 5.80. The van der Waals surface area contributed by atoms with Crippen LogP contribution in [0, 0.1) is 5.92 Å². The minimum absolute atomic E-state index is 0.0700. The van der Waals surface area contributed by atoms with Crippen molar-refractivity contribution < 1.29 is 13.2 Å². The first-order valence-electron chi connectivity index (χ1n) is 7.37. The fraction of sp³-hybridized carbons (Fsp3) is 0.533. The van der Waals surface area contributed by atoms with E-state index >= 15 is 0 Å². The third kappa shape index (κ3) is 3.80. The number of sulfonamides is 1. The van der Waals surface area contributed by atoms with Gasteiger partial charge in [-0.05, 0) is 30.7 Å². The van der Waals surface area contributed by atoms with Crippen LogP contribution in [0.4, 0.5) is 0 Å². The number of hydrogen-bond donors (Lipinski definition) is 0. The first-order valence-corrected chi connectivity index (χ1v) is 9.18. The van der Waals surface area contributed by atoms with Gasteiger partial charge in [0.2, 0.25) is 15.9 Å². The summed E-state index contributed by atoms with van der Waals surface area (Å²) in [6.45, 7) is 5.49. The lowest BCUT2D eigenvalue weighted by Crippen LogP contribution is -2.38. The quantitative estimate of drug-likeness (QED) is 0.844. The van der Waals surface area contributed by atoms with Crippen molar-refractivity contribution >= 4 is 27.5 Å². The lowest BCUT2D eigenvalue weighted by molar-refractivity contribution is -0.134. The third-order valence-corrected chi connectivity index (χ3v) is 5.88. The van der Waals surface area contributed by atoms with Gasteiger partial charge in [0.05, 0.1) is 4.90 Å². The van der Waals surface area contributed by atoms with E-state index in [9.17, 15) is 13.2 Å². The highest BCUT2D eigenvalue weighted by atomic mass is 35.5. The molecule has 1 fully saturated rings. The smallest absolute Gasteiger partial charge is 0.243 e. The van der Waals surface area contributed by atoms with Crippen LogP contribution in [0.5, 0.6) is 0 Å². The van der Waals surface area contributed by atoms with Crippen LogP contribution in [0.1, 0.15) is 20.3 Å². The molecule has 1 heterocycles. The predicted molar refractivity (Wildman–Crippen MR) is 86.2 cm³/mol. The number of nitrogens with zero attached hydrogens (tertiary/aromatic N) is 2.